The van der Waals surface area contributed by atoms with E-state index < -0.39 is 36.2 Å². The van der Waals surface area contributed by atoms with E-state index in [-0.39, 0.29) is 18.5 Å². The minimum atomic E-state index is -0.758. The van der Waals surface area contributed by atoms with Gasteiger partial charge in [0.05, 0.1) is 13.2 Å². The van der Waals surface area contributed by atoms with Crippen LogP contribution < -0.4 is 0 Å². The lowest BCUT2D eigenvalue weighted by Crippen LogP contribution is -2.44. The zero-order chi connectivity index (χ0) is 18.5. The van der Waals surface area contributed by atoms with Gasteiger partial charge in [-0.1, -0.05) is 18.2 Å². The molecule has 26 heavy (non-hydrogen) atoms. The fourth-order valence-corrected chi connectivity index (χ4v) is 3.67. The molecule has 0 N–H and O–H groups in total. The van der Waals surface area contributed by atoms with Gasteiger partial charge in [0.15, 0.2) is 17.9 Å². The van der Waals surface area contributed by atoms with Crippen LogP contribution in [0.3, 0.4) is 0 Å². The minimum absolute atomic E-state index is 0.112. The highest BCUT2D eigenvalue weighted by Crippen LogP contribution is 2.42. The Morgan fingerprint density at radius 3 is 2.50 bits per heavy atom. The second-order valence-electron chi connectivity index (χ2n) is 7.80. The molecular formula is C19H25FO6. The van der Waals surface area contributed by atoms with Crippen LogP contribution >= 0.6 is 0 Å². The van der Waals surface area contributed by atoms with E-state index in [1.54, 1.807) is 18.2 Å². The Bertz CT molecular complexity index is 663. The molecule has 3 fully saturated rings. The van der Waals surface area contributed by atoms with E-state index in [0.29, 0.717) is 12.2 Å². The molecule has 4 rings (SSSR count). The molecule has 1 aromatic carbocycles. The quantitative estimate of drug-likeness (QED) is 0.815. The first-order valence-corrected chi connectivity index (χ1v) is 8.92. The molecule has 6 nitrogen and oxygen atoms in total. The number of rotatable bonds is 4. The Morgan fingerprint density at radius 2 is 1.81 bits per heavy atom. The van der Waals surface area contributed by atoms with Crippen molar-refractivity contribution in [2.24, 2.45) is 0 Å². The highest BCUT2D eigenvalue weighted by molar-refractivity contribution is 5.16. The topological polar surface area (TPSA) is 55.4 Å². The Kier molecular flexibility index (Phi) is 4.58. The second kappa shape index (κ2) is 6.51. The fourth-order valence-electron chi connectivity index (χ4n) is 3.67. The number of hydrogen-bond donors (Lipinski definition) is 0. The number of hydrogen-bond acceptors (Lipinski definition) is 6. The zero-order valence-electron chi connectivity index (χ0n) is 15.4. The predicted molar refractivity (Wildman–Crippen MR) is 88.6 cm³/mol. The van der Waals surface area contributed by atoms with Crippen molar-refractivity contribution in [2.75, 3.05) is 6.61 Å². The third-order valence-electron chi connectivity index (χ3n) is 4.81. The molecule has 3 aliphatic rings. The molecule has 5 atom stereocenters. The molecule has 3 aliphatic heterocycles. The number of ether oxygens (including phenoxy) is 6. The van der Waals surface area contributed by atoms with E-state index in [2.05, 4.69) is 0 Å². The van der Waals surface area contributed by atoms with Crippen molar-refractivity contribution in [3.8, 4) is 0 Å². The predicted octanol–water partition coefficient (Wildman–Crippen LogP) is 2.74. The standard InChI is InChI=1S/C19H25FO6/c1-18(2)22-10-13(24-18)14-15(16-17(23-14)26-19(3,4)25-16)21-9-11-7-5-6-8-12(11)20/h5-8,13-17H,9-10H2,1-4H3/t13-,14-,15+,16-,17-/m1/s1. The summed E-state index contributed by atoms with van der Waals surface area (Å²) in [6.45, 7) is 7.87. The van der Waals surface area contributed by atoms with E-state index in [9.17, 15) is 4.39 Å². The van der Waals surface area contributed by atoms with Gasteiger partial charge in [0, 0.05) is 5.56 Å². The Hall–Kier alpha value is -1.09. The molecule has 7 heteroatoms. The van der Waals surface area contributed by atoms with Crippen LogP contribution in [0.25, 0.3) is 0 Å². The van der Waals surface area contributed by atoms with Crippen LogP contribution in [0.2, 0.25) is 0 Å². The Balaban J connectivity index is 1.51. The maximum atomic E-state index is 13.9. The lowest BCUT2D eigenvalue weighted by Gasteiger charge is -2.29. The summed E-state index contributed by atoms with van der Waals surface area (Å²) in [7, 11) is 0. The maximum Gasteiger partial charge on any atom is 0.190 e. The Labute approximate surface area is 152 Å². The van der Waals surface area contributed by atoms with Crippen molar-refractivity contribution in [1.82, 2.24) is 0 Å². The van der Waals surface area contributed by atoms with Crippen LogP contribution in [0, 0.1) is 5.82 Å². The van der Waals surface area contributed by atoms with E-state index in [1.165, 1.54) is 6.07 Å². The molecular weight excluding hydrogens is 343 g/mol. The van der Waals surface area contributed by atoms with Crippen LogP contribution in [0.5, 0.6) is 0 Å². The molecule has 0 radical (unpaired) electrons. The lowest BCUT2D eigenvalue weighted by atomic mass is 10.1. The SMILES string of the molecule is CC1(C)O[C@H]2O[C@H]([C@H]3COC(C)(C)O3)[C@H](OCc3ccccc3F)[C@H]2O1. The summed E-state index contributed by atoms with van der Waals surface area (Å²) in [6.07, 6.45) is -2.14. The third-order valence-corrected chi connectivity index (χ3v) is 4.81. The number of benzene rings is 1. The number of fused-ring (bicyclic) bond motifs is 1. The van der Waals surface area contributed by atoms with Gasteiger partial charge in [-0.2, -0.15) is 0 Å². The largest absolute Gasteiger partial charge is 0.368 e. The molecule has 0 amide bonds. The van der Waals surface area contributed by atoms with Crippen molar-refractivity contribution in [3.63, 3.8) is 0 Å². The van der Waals surface area contributed by atoms with Crippen molar-refractivity contribution in [1.29, 1.82) is 0 Å². The molecule has 0 bridgehead atoms. The molecule has 1 aromatic rings. The molecule has 0 unspecified atom stereocenters. The molecule has 0 saturated carbocycles. The second-order valence-corrected chi connectivity index (χ2v) is 7.80. The van der Waals surface area contributed by atoms with E-state index in [4.69, 9.17) is 28.4 Å². The van der Waals surface area contributed by atoms with Gasteiger partial charge in [0.1, 0.15) is 30.2 Å². The minimum Gasteiger partial charge on any atom is -0.368 e. The van der Waals surface area contributed by atoms with Gasteiger partial charge >= 0.3 is 0 Å². The average Bonchev–Trinajstić information content (AvgIpc) is 3.16. The van der Waals surface area contributed by atoms with Crippen molar-refractivity contribution in [2.45, 2.75) is 76.6 Å². The van der Waals surface area contributed by atoms with Crippen LogP contribution in [-0.2, 0) is 35.0 Å². The van der Waals surface area contributed by atoms with Gasteiger partial charge < -0.3 is 28.4 Å². The van der Waals surface area contributed by atoms with Gasteiger partial charge in [0.2, 0.25) is 0 Å². The van der Waals surface area contributed by atoms with Crippen LogP contribution in [-0.4, -0.2) is 48.9 Å². The van der Waals surface area contributed by atoms with Crippen LogP contribution in [0.4, 0.5) is 4.39 Å². The highest BCUT2D eigenvalue weighted by atomic mass is 19.1. The summed E-state index contributed by atoms with van der Waals surface area (Å²) >= 11 is 0. The summed E-state index contributed by atoms with van der Waals surface area (Å²) in [5.74, 6) is -1.74. The highest BCUT2D eigenvalue weighted by Gasteiger charge is 2.58. The van der Waals surface area contributed by atoms with Gasteiger partial charge in [0.25, 0.3) is 0 Å². The monoisotopic (exact) mass is 368 g/mol. The van der Waals surface area contributed by atoms with Gasteiger partial charge in [-0.25, -0.2) is 4.39 Å². The zero-order valence-corrected chi connectivity index (χ0v) is 15.4. The molecule has 0 aromatic heterocycles. The van der Waals surface area contributed by atoms with Crippen molar-refractivity contribution < 1.29 is 32.8 Å². The third kappa shape index (κ3) is 3.52. The number of halogens is 1. The molecule has 3 saturated heterocycles. The smallest absolute Gasteiger partial charge is 0.190 e. The van der Waals surface area contributed by atoms with Crippen LogP contribution in [0.1, 0.15) is 33.3 Å². The molecule has 0 spiro atoms. The maximum absolute atomic E-state index is 13.9. The summed E-state index contributed by atoms with van der Waals surface area (Å²) in [4.78, 5) is 0. The van der Waals surface area contributed by atoms with Gasteiger partial charge in [-0.3, -0.25) is 0 Å². The van der Waals surface area contributed by atoms with E-state index in [0.717, 1.165) is 0 Å². The Morgan fingerprint density at radius 1 is 1.04 bits per heavy atom. The van der Waals surface area contributed by atoms with Crippen molar-refractivity contribution >= 4 is 0 Å². The normalized spacial score (nSPS) is 37.8. The molecule has 144 valence electrons. The summed E-state index contributed by atoms with van der Waals surface area (Å²) in [5.41, 5.74) is 0.483. The fraction of sp³-hybridized carbons (Fsp3) is 0.684. The summed E-state index contributed by atoms with van der Waals surface area (Å²) < 4.78 is 49.5. The molecule has 3 heterocycles. The first-order chi connectivity index (χ1) is 12.2. The van der Waals surface area contributed by atoms with Gasteiger partial charge in [-0.05, 0) is 33.8 Å². The first kappa shape index (κ1) is 18.3. The van der Waals surface area contributed by atoms with E-state index >= 15 is 0 Å². The van der Waals surface area contributed by atoms with Gasteiger partial charge in [-0.15, -0.1) is 0 Å². The lowest BCUT2D eigenvalue weighted by molar-refractivity contribution is -0.236. The van der Waals surface area contributed by atoms with Crippen LogP contribution in [0.15, 0.2) is 24.3 Å². The van der Waals surface area contributed by atoms with E-state index in [1.807, 2.05) is 27.7 Å². The summed E-state index contributed by atoms with van der Waals surface area (Å²) in [6, 6.07) is 6.55. The molecule has 0 aliphatic carbocycles. The first-order valence-electron chi connectivity index (χ1n) is 8.92. The van der Waals surface area contributed by atoms with Crippen molar-refractivity contribution in [3.05, 3.63) is 35.6 Å². The average molecular weight is 368 g/mol. The summed E-state index contributed by atoms with van der Waals surface area (Å²) in [5, 5.41) is 0.